The molecule has 1 aromatic heterocycles. The zero-order chi connectivity index (χ0) is 9.31. The minimum Gasteiger partial charge on any atom is -0.322 e. The van der Waals surface area contributed by atoms with Crippen molar-refractivity contribution >= 4 is 0 Å². The first-order valence-corrected chi connectivity index (χ1v) is 4.93. The Hall–Kier alpha value is -0.890. The van der Waals surface area contributed by atoms with Crippen LogP contribution in [-0.2, 0) is 0 Å². The number of hydrogen-bond donors (Lipinski definition) is 0. The molecular weight excluding hydrogens is 160 g/mol. The van der Waals surface area contributed by atoms with E-state index < -0.39 is 0 Å². The Labute approximate surface area is 79.8 Å². The average Bonchev–Trinajstić information content (AvgIpc) is 2.47. The molecule has 2 nitrogen and oxygen atoms in total. The number of pyridine rings is 1. The van der Waals surface area contributed by atoms with Gasteiger partial charge in [0.15, 0.2) is 0 Å². The van der Waals surface area contributed by atoms with E-state index in [4.69, 9.17) is 0 Å². The highest BCUT2D eigenvalue weighted by Crippen LogP contribution is 2.35. The summed E-state index contributed by atoms with van der Waals surface area (Å²) in [7, 11) is 4.62. The van der Waals surface area contributed by atoms with Gasteiger partial charge in [-0.05, 0) is 6.07 Å². The zero-order valence-electron chi connectivity index (χ0n) is 8.40. The van der Waals surface area contributed by atoms with Crippen LogP contribution in [-0.4, -0.2) is 30.1 Å². The van der Waals surface area contributed by atoms with Gasteiger partial charge in [-0.25, -0.2) is 0 Å². The zero-order valence-corrected chi connectivity index (χ0v) is 8.40. The van der Waals surface area contributed by atoms with Crippen molar-refractivity contribution < 1.29 is 4.48 Å². The van der Waals surface area contributed by atoms with E-state index in [0.717, 1.165) is 4.48 Å². The Bertz CT molecular complexity index is 279. The summed E-state index contributed by atoms with van der Waals surface area (Å²) in [5, 5.41) is 0. The lowest BCUT2D eigenvalue weighted by Gasteiger charge is -2.31. The molecule has 2 rings (SSSR count). The fourth-order valence-electron chi connectivity index (χ4n) is 2.34. The Kier molecular flexibility index (Phi) is 2.08. The van der Waals surface area contributed by atoms with Crippen molar-refractivity contribution in [2.24, 2.45) is 0 Å². The standard InChI is InChI=1S/C11H17N2/c1-13(2)8-4-6-11(13)10-5-3-7-12-9-10/h3,5,7,9,11H,4,6,8H2,1-2H3/q+1. The van der Waals surface area contributed by atoms with Crippen molar-refractivity contribution in [3.05, 3.63) is 30.1 Å². The van der Waals surface area contributed by atoms with Gasteiger partial charge in [-0.3, -0.25) is 4.98 Å². The summed E-state index contributed by atoms with van der Waals surface area (Å²) in [6, 6.07) is 4.89. The van der Waals surface area contributed by atoms with E-state index in [0.29, 0.717) is 6.04 Å². The maximum atomic E-state index is 4.18. The third-order valence-corrected chi connectivity index (χ3v) is 3.12. The maximum absolute atomic E-state index is 4.18. The molecule has 1 fully saturated rings. The maximum Gasteiger partial charge on any atom is 0.116 e. The van der Waals surface area contributed by atoms with Gasteiger partial charge in [0.2, 0.25) is 0 Å². The van der Waals surface area contributed by atoms with Crippen LogP contribution in [0.4, 0.5) is 0 Å². The van der Waals surface area contributed by atoms with Gasteiger partial charge in [0.05, 0.1) is 20.6 Å². The number of aromatic nitrogens is 1. The first kappa shape index (κ1) is 8.70. The molecule has 0 amide bonds. The van der Waals surface area contributed by atoms with Gasteiger partial charge in [0.25, 0.3) is 0 Å². The fourth-order valence-corrected chi connectivity index (χ4v) is 2.34. The van der Waals surface area contributed by atoms with E-state index in [1.54, 1.807) is 0 Å². The predicted octanol–water partition coefficient (Wildman–Crippen LogP) is 1.99. The first-order valence-electron chi connectivity index (χ1n) is 4.93. The normalized spacial score (nSPS) is 26.2. The molecule has 0 bridgehead atoms. The lowest BCUT2D eigenvalue weighted by Crippen LogP contribution is -2.38. The average molecular weight is 177 g/mol. The SMILES string of the molecule is C[N+]1(C)CCCC1c1cccnc1. The Morgan fingerprint density at radius 1 is 1.46 bits per heavy atom. The van der Waals surface area contributed by atoms with Crippen LogP contribution < -0.4 is 0 Å². The Morgan fingerprint density at radius 2 is 2.31 bits per heavy atom. The largest absolute Gasteiger partial charge is 0.322 e. The van der Waals surface area contributed by atoms with Crippen molar-refractivity contribution in [1.29, 1.82) is 0 Å². The van der Waals surface area contributed by atoms with Crippen molar-refractivity contribution in [3.8, 4) is 0 Å². The molecule has 2 heteroatoms. The van der Waals surface area contributed by atoms with E-state index in [2.05, 4.69) is 25.1 Å². The highest BCUT2D eigenvalue weighted by atomic mass is 15.3. The van der Waals surface area contributed by atoms with Crippen molar-refractivity contribution in [2.45, 2.75) is 18.9 Å². The van der Waals surface area contributed by atoms with E-state index in [1.165, 1.54) is 24.9 Å². The number of likely N-dealkylation sites (tertiary alicyclic amines) is 1. The molecule has 0 saturated carbocycles. The van der Waals surface area contributed by atoms with Gasteiger partial charge in [0, 0.05) is 30.8 Å². The molecule has 13 heavy (non-hydrogen) atoms. The lowest BCUT2D eigenvalue weighted by atomic mass is 10.1. The number of quaternary nitrogens is 1. The second-order valence-electron chi connectivity index (χ2n) is 4.45. The van der Waals surface area contributed by atoms with Gasteiger partial charge in [-0.15, -0.1) is 0 Å². The summed E-state index contributed by atoms with van der Waals surface area (Å²) >= 11 is 0. The van der Waals surface area contributed by atoms with Crippen LogP contribution >= 0.6 is 0 Å². The quantitative estimate of drug-likeness (QED) is 0.598. The van der Waals surface area contributed by atoms with E-state index in [1.807, 2.05) is 18.5 Å². The monoisotopic (exact) mass is 177 g/mol. The number of rotatable bonds is 1. The number of nitrogens with zero attached hydrogens (tertiary/aromatic N) is 2. The molecule has 1 aromatic rings. The van der Waals surface area contributed by atoms with Gasteiger partial charge in [-0.1, -0.05) is 6.07 Å². The molecular formula is C11H17N2+. The minimum atomic E-state index is 0.661. The van der Waals surface area contributed by atoms with Crippen LogP contribution in [0, 0.1) is 0 Å². The van der Waals surface area contributed by atoms with Crippen LogP contribution in [0.2, 0.25) is 0 Å². The molecule has 0 radical (unpaired) electrons. The second kappa shape index (κ2) is 3.11. The molecule has 1 aliphatic heterocycles. The molecule has 1 aliphatic rings. The third-order valence-electron chi connectivity index (χ3n) is 3.12. The van der Waals surface area contributed by atoms with E-state index in [9.17, 15) is 0 Å². The smallest absolute Gasteiger partial charge is 0.116 e. The molecule has 0 N–H and O–H groups in total. The van der Waals surface area contributed by atoms with Crippen molar-refractivity contribution in [2.75, 3.05) is 20.6 Å². The fraction of sp³-hybridized carbons (Fsp3) is 0.545. The topological polar surface area (TPSA) is 12.9 Å². The minimum absolute atomic E-state index is 0.661. The molecule has 1 atom stereocenters. The number of hydrogen-bond acceptors (Lipinski definition) is 1. The predicted molar refractivity (Wildman–Crippen MR) is 53.2 cm³/mol. The third kappa shape index (κ3) is 1.59. The van der Waals surface area contributed by atoms with Gasteiger partial charge < -0.3 is 4.48 Å². The van der Waals surface area contributed by atoms with Gasteiger partial charge in [-0.2, -0.15) is 0 Å². The van der Waals surface area contributed by atoms with Crippen LogP contribution in [0.5, 0.6) is 0 Å². The van der Waals surface area contributed by atoms with E-state index >= 15 is 0 Å². The van der Waals surface area contributed by atoms with Gasteiger partial charge in [0.1, 0.15) is 6.04 Å². The van der Waals surface area contributed by atoms with Crippen molar-refractivity contribution in [3.63, 3.8) is 0 Å². The Morgan fingerprint density at radius 3 is 2.85 bits per heavy atom. The molecule has 70 valence electrons. The van der Waals surface area contributed by atoms with Crippen LogP contribution in [0.25, 0.3) is 0 Å². The highest BCUT2D eigenvalue weighted by molar-refractivity contribution is 5.12. The molecule has 0 spiro atoms. The van der Waals surface area contributed by atoms with Crippen LogP contribution in [0.3, 0.4) is 0 Å². The molecule has 1 unspecified atom stereocenters. The van der Waals surface area contributed by atoms with Crippen molar-refractivity contribution in [1.82, 2.24) is 4.98 Å². The first-order chi connectivity index (χ1) is 6.20. The summed E-state index contributed by atoms with van der Waals surface area (Å²) in [5.74, 6) is 0. The highest BCUT2D eigenvalue weighted by Gasteiger charge is 2.34. The van der Waals surface area contributed by atoms with Crippen LogP contribution in [0.1, 0.15) is 24.4 Å². The summed E-state index contributed by atoms with van der Waals surface area (Å²) in [6.45, 7) is 1.29. The summed E-state index contributed by atoms with van der Waals surface area (Å²) in [4.78, 5) is 4.18. The molecule has 2 heterocycles. The molecule has 0 aromatic carbocycles. The summed E-state index contributed by atoms with van der Waals surface area (Å²) in [5.41, 5.74) is 1.39. The van der Waals surface area contributed by atoms with E-state index in [-0.39, 0.29) is 0 Å². The summed E-state index contributed by atoms with van der Waals surface area (Å²) < 4.78 is 1.12. The summed E-state index contributed by atoms with van der Waals surface area (Å²) in [6.07, 6.45) is 6.50. The van der Waals surface area contributed by atoms with Gasteiger partial charge >= 0.3 is 0 Å². The molecule has 0 aliphatic carbocycles. The molecule has 1 saturated heterocycles. The lowest BCUT2D eigenvalue weighted by molar-refractivity contribution is -0.908. The van der Waals surface area contributed by atoms with Crippen LogP contribution in [0.15, 0.2) is 24.5 Å². The Balaban J connectivity index is 2.27. The second-order valence-corrected chi connectivity index (χ2v) is 4.45.